The Morgan fingerprint density at radius 3 is 2.71 bits per heavy atom. The number of anilines is 1. The number of ether oxygens (including phenoxy) is 2. The first-order valence-corrected chi connectivity index (χ1v) is 10.5. The van der Waals surface area contributed by atoms with Gasteiger partial charge in [0.2, 0.25) is 0 Å². The molecule has 2 aromatic carbocycles. The number of hydrogen-bond acceptors (Lipinski definition) is 6. The standard InChI is InChI=1S/C23H20ClN5O5/c1-33-18-11-15(10-17(24)21(18)34-13-19(25)30)22(31)26-16-6-4-5-14(9-16)12-29-23(32)28-8-3-2-7-20(28)27-29/h2-11H,12-13H2,1H3,(H2,25,30)(H,26,31). The van der Waals surface area contributed by atoms with Gasteiger partial charge in [0.1, 0.15) is 0 Å². The van der Waals surface area contributed by atoms with E-state index in [1.165, 1.54) is 28.3 Å². The molecule has 0 aliphatic carbocycles. The number of nitrogens with zero attached hydrogens (tertiary/aromatic N) is 3. The molecule has 4 rings (SSSR count). The average Bonchev–Trinajstić information content (AvgIpc) is 3.13. The van der Waals surface area contributed by atoms with Crippen LogP contribution in [0.5, 0.6) is 11.5 Å². The quantitative estimate of drug-likeness (QED) is 0.397. The van der Waals surface area contributed by atoms with Crippen molar-refractivity contribution >= 4 is 34.7 Å². The second-order valence-corrected chi connectivity index (χ2v) is 7.68. The van der Waals surface area contributed by atoms with Gasteiger partial charge in [0.15, 0.2) is 23.8 Å². The van der Waals surface area contributed by atoms with Crippen LogP contribution < -0.4 is 26.2 Å². The molecule has 0 radical (unpaired) electrons. The fourth-order valence-electron chi connectivity index (χ4n) is 3.33. The van der Waals surface area contributed by atoms with Crippen LogP contribution in [-0.2, 0) is 11.3 Å². The van der Waals surface area contributed by atoms with Crippen LogP contribution in [0.3, 0.4) is 0 Å². The predicted octanol–water partition coefficient (Wildman–Crippen LogP) is 2.32. The second-order valence-electron chi connectivity index (χ2n) is 7.27. The number of primary amides is 1. The van der Waals surface area contributed by atoms with Crippen molar-refractivity contribution < 1.29 is 19.1 Å². The highest BCUT2D eigenvalue weighted by atomic mass is 35.5. The smallest absolute Gasteiger partial charge is 0.350 e. The maximum Gasteiger partial charge on any atom is 0.350 e. The summed E-state index contributed by atoms with van der Waals surface area (Å²) < 4.78 is 13.3. The van der Waals surface area contributed by atoms with Gasteiger partial charge in [0.05, 0.1) is 18.7 Å². The third kappa shape index (κ3) is 4.86. The molecule has 0 spiro atoms. The number of pyridine rings is 1. The monoisotopic (exact) mass is 481 g/mol. The molecular weight excluding hydrogens is 462 g/mol. The molecule has 174 valence electrons. The normalized spacial score (nSPS) is 10.8. The highest BCUT2D eigenvalue weighted by molar-refractivity contribution is 6.32. The van der Waals surface area contributed by atoms with Gasteiger partial charge in [-0.05, 0) is 42.0 Å². The number of nitrogens with two attached hydrogens (primary N) is 1. The summed E-state index contributed by atoms with van der Waals surface area (Å²) in [4.78, 5) is 36.4. The molecule has 0 aliphatic heterocycles. The van der Waals surface area contributed by atoms with Crippen molar-refractivity contribution in [2.24, 2.45) is 5.73 Å². The molecule has 2 heterocycles. The van der Waals surface area contributed by atoms with E-state index in [-0.39, 0.29) is 40.9 Å². The van der Waals surface area contributed by atoms with Gasteiger partial charge in [0.25, 0.3) is 11.8 Å². The van der Waals surface area contributed by atoms with Gasteiger partial charge in [-0.1, -0.05) is 29.8 Å². The summed E-state index contributed by atoms with van der Waals surface area (Å²) in [6, 6.07) is 15.2. The Kier molecular flexibility index (Phi) is 6.51. The van der Waals surface area contributed by atoms with E-state index in [1.807, 2.05) is 6.07 Å². The van der Waals surface area contributed by atoms with Crippen molar-refractivity contribution in [3.05, 3.63) is 87.4 Å². The minimum absolute atomic E-state index is 0.0886. The maximum atomic E-state index is 12.8. The van der Waals surface area contributed by atoms with Crippen LogP contribution in [0.25, 0.3) is 5.65 Å². The Hall–Kier alpha value is -4.31. The van der Waals surface area contributed by atoms with Crippen molar-refractivity contribution in [3.63, 3.8) is 0 Å². The SMILES string of the molecule is COc1cc(C(=O)Nc2cccc(Cn3nc4ccccn4c3=O)c2)cc(Cl)c1OCC(N)=O. The van der Waals surface area contributed by atoms with Crippen LogP contribution in [0.15, 0.2) is 65.6 Å². The fraction of sp³-hybridized carbons (Fsp3) is 0.130. The average molecular weight is 482 g/mol. The fourth-order valence-corrected chi connectivity index (χ4v) is 3.59. The molecule has 3 N–H and O–H groups in total. The first-order valence-electron chi connectivity index (χ1n) is 10.1. The molecule has 0 bridgehead atoms. The highest BCUT2D eigenvalue weighted by Gasteiger charge is 2.17. The van der Waals surface area contributed by atoms with Crippen molar-refractivity contribution in [2.45, 2.75) is 6.54 Å². The molecular formula is C23H20ClN5O5. The predicted molar refractivity (Wildman–Crippen MR) is 126 cm³/mol. The third-order valence-electron chi connectivity index (χ3n) is 4.86. The van der Waals surface area contributed by atoms with E-state index < -0.39 is 11.8 Å². The lowest BCUT2D eigenvalue weighted by Crippen LogP contribution is -2.21. The van der Waals surface area contributed by atoms with Gasteiger partial charge in [0, 0.05) is 17.4 Å². The number of aromatic nitrogens is 3. The lowest BCUT2D eigenvalue weighted by molar-refractivity contribution is -0.119. The first-order chi connectivity index (χ1) is 16.4. The topological polar surface area (TPSA) is 130 Å². The number of carbonyl (C=O) groups excluding carboxylic acids is 2. The van der Waals surface area contributed by atoms with Crippen LogP contribution in [0.4, 0.5) is 5.69 Å². The molecule has 4 aromatic rings. The van der Waals surface area contributed by atoms with E-state index in [9.17, 15) is 14.4 Å². The van der Waals surface area contributed by atoms with E-state index in [2.05, 4.69) is 10.4 Å². The van der Waals surface area contributed by atoms with Gasteiger partial charge in [-0.15, -0.1) is 5.10 Å². The lowest BCUT2D eigenvalue weighted by atomic mass is 10.1. The largest absolute Gasteiger partial charge is 0.493 e. The minimum atomic E-state index is -0.675. The van der Waals surface area contributed by atoms with Gasteiger partial charge in [-0.3, -0.25) is 14.0 Å². The van der Waals surface area contributed by atoms with E-state index in [0.29, 0.717) is 11.3 Å². The van der Waals surface area contributed by atoms with Crippen molar-refractivity contribution in [1.82, 2.24) is 14.2 Å². The van der Waals surface area contributed by atoms with Gasteiger partial charge < -0.3 is 20.5 Å². The summed E-state index contributed by atoms with van der Waals surface area (Å²) >= 11 is 6.23. The first kappa shape index (κ1) is 22.9. The molecule has 10 nitrogen and oxygen atoms in total. The van der Waals surface area contributed by atoms with Crippen molar-refractivity contribution in [2.75, 3.05) is 19.0 Å². The van der Waals surface area contributed by atoms with Gasteiger partial charge in [-0.2, -0.15) is 0 Å². The zero-order valence-electron chi connectivity index (χ0n) is 18.0. The Morgan fingerprint density at radius 2 is 1.97 bits per heavy atom. The zero-order chi connectivity index (χ0) is 24.2. The van der Waals surface area contributed by atoms with E-state index in [1.54, 1.807) is 42.6 Å². The van der Waals surface area contributed by atoms with Gasteiger partial charge >= 0.3 is 5.69 Å². The molecule has 0 saturated heterocycles. The number of benzene rings is 2. The number of rotatable bonds is 8. The number of halogens is 1. The van der Waals surface area contributed by atoms with Crippen LogP contribution in [-0.4, -0.2) is 39.7 Å². The summed E-state index contributed by atoms with van der Waals surface area (Å²) in [5.41, 5.74) is 6.89. The van der Waals surface area contributed by atoms with Crippen LogP contribution in [0.2, 0.25) is 5.02 Å². The van der Waals surface area contributed by atoms with Crippen molar-refractivity contribution in [3.8, 4) is 11.5 Å². The Morgan fingerprint density at radius 1 is 1.15 bits per heavy atom. The number of fused-ring (bicyclic) bond motifs is 1. The second kappa shape index (κ2) is 9.67. The molecule has 0 fully saturated rings. The van der Waals surface area contributed by atoms with Gasteiger partial charge in [-0.25, -0.2) is 9.48 Å². The molecule has 0 aliphatic rings. The Bertz CT molecular complexity index is 1450. The number of amides is 2. The summed E-state index contributed by atoms with van der Waals surface area (Å²) in [5, 5.41) is 7.20. The Labute approximate surface area is 198 Å². The molecule has 2 aromatic heterocycles. The van der Waals surface area contributed by atoms with E-state index in [4.69, 9.17) is 26.8 Å². The molecule has 0 saturated carbocycles. The van der Waals surface area contributed by atoms with E-state index in [0.717, 1.165) is 5.56 Å². The van der Waals surface area contributed by atoms with E-state index >= 15 is 0 Å². The van der Waals surface area contributed by atoms with Crippen molar-refractivity contribution in [1.29, 1.82) is 0 Å². The molecule has 0 unspecified atom stereocenters. The van der Waals surface area contributed by atoms with Crippen LogP contribution in [0, 0.1) is 0 Å². The number of methoxy groups -OCH3 is 1. The summed E-state index contributed by atoms with van der Waals surface area (Å²) in [7, 11) is 1.38. The molecule has 34 heavy (non-hydrogen) atoms. The molecule has 0 atom stereocenters. The lowest BCUT2D eigenvalue weighted by Gasteiger charge is -2.13. The maximum absolute atomic E-state index is 12.8. The minimum Gasteiger partial charge on any atom is -0.493 e. The highest BCUT2D eigenvalue weighted by Crippen LogP contribution is 2.36. The summed E-state index contributed by atoms with van der Waals surface area (Å²) in [6.07, 6.45) is 1.65. The Balaban J connectivity index is 1.53. The number of nitrogens with one attached hydrogen (secondary N) is 1. The zero-order valence-corrected chi connectivity index (χ0v) is 18.8. The van der Waals surface area contributed by atoms with Crippen LogP contribution >= 0.6 is 11.6 Å². The summed E-state index contributed by atoms with van der Waals surface area (Å²) in [6.45, 7) is -0.153. The third-order valence-corrected chi connectivity index (χ3v) is 5.14. The number of carbonyl (C=O) groups is 2. The summed E-state index contributed by atoms with van der Waals surface area (Å²) in [5.74, 6) is -0.826. The molecule has 11 heteroatoms. The molecule has 2 amide bonds. The number of hydrogen-bond donors (Lipinski definition) is 2. The van der Waals surface area contributed by atoms with Crippen LogP contribution in [0.1, 0.15) is 15.9 Å².